The highest BCUT2D eigenvalue weighted by Crippen LogP contribution is 2.59. The van der Waals surface area contributed by atoms with Crippen LogP contribution in [0.3, 0.4) is 0 Å². The lowest BCUT2D eigenvalue weighted by Gasteiger charge is -2.33. The third kappa shape index (κ3) is 2.37. The SMILES string of the molecule is COc1ccccc1C(=O)N1CCC2(CC1)CC2C(=O)O. The van der Waals surface area contributed by atoms with Gasteiger partial charge in [-0.2, -0.15) is 0 Å². The van der Waals surface area contributed by atoms with E-state index in [2.05, 4.69) is 0 Å². The summed E-state index contributed by atoms with van der Waals surface area (Å²) in [5.41, 5.74) is 0.519. The lowest BCUT2D eigenvalue weighted by molar-refractivity contribution is -0.139. The van der Waals surface area contributed by atoms with Gasteiger partial charge in [-0.1, -0.05) is 12.1 Å². The number of amides is 1. The number of carbonyl (C=O) groups is 2. The summed E-state index contributed by atoms with van der Waals surface area (Å²) in [6, 6.07) is 7.20. The summed E-state index contributed by atoms with van der Waals surface area (Å²) >= 11 is 0. The Kier molecular flexibility index (Phi) is 3.35. The van der Waals surface area contributed by atoms with E-state index in [-0.39, 0.29) is 17.2 Å². The highest BCUT2D eigenvalue weighted by molar-refractivity contribution is 5.97. The number of ether oxygens (including phenoxy) is 1. The maximum atomic E-state index is 12.6. The smallest absolute Gasteiger partial charge is 0.307 e. The van der Waals surface area contributed by atoms with Crippen LogP contribution in [-0.4, -0.2) is 42.1 Å². The van der Waals surface area contributed by atoms with Gasteiger partial charge in [-0.25, -0.2) is 0 Å². The summed E-state index contributed by atoms with van der Waals surface area (Å²) in [4.78, 5) is 25.4. The second-order valence-corrected chi connectivity index (χ2v) is 5.95. The largest absolute Gasteiger partial charge is 0.496 e. The minimum Gasteiger partial charge on any atom is -0.496 e. The van der Waals surface area contributed by atoms with Crippen LogP contribution in [0.15, 0.2) is 24.3 Å². The molecular weight excluding hydrogens is 270 g/mol. The highest BCUT2D eigenvalue weighted by Gasteiger charge is 2.59. The molecule has 1 spiro atoms. The first-order chi connectivity index (χ1) is 10.1. The first-order valence-corrected chi connectivity index (χ1v) is 7.22. The highest BCUT2D eigenvalue weighted by atomic mass is 16.5. The van der Waals surface area contributed by atoms with Crippen LogP contribution in [0.4, 0.5) is 0 Å². The van der Waals surface area contributed by atoms with Crippen molar-refractivity contribution in [2.24, 2.45) is 11.3 Å². The third-order valence-corrected chi connectivity index (χ3v) is 4.87. The molecule has 1 saturated carbocycles. The Hall–Kier alpha value is -2.04. The minimum absolute atomic E-state index is 0.0326. The van der Waals surface area contributed by atoms with Gasteiger partial charge >= 0.3 is 5.97 Å². The van der Waals surface area contributed by atoms with Crippen LogP contribution in [-0.2, 0) is 4.79 Å². The fraction of sp³-hybridized carbons (Fsp3) is 0.500. The Balaban J connectivity index is 1.67. The van der Waals surface area contributed by atoms with Crippen molar-refractivity contribution < 1.29 is 19.4 Å². The summed E-state index contributed by atoms with van der Waals surface area (Å²) in [5.74, 6) is -0.354. The maximum absolute atomic E-state index is 12.6. The van der Waals surface area contributed by atoms with Gasteiger partial charge in [0.15, 0.2) is 0 Å². The van der Waals surface area contributed by atoms with E-state index in [1.807, 2.05) is 12.1 Å². The number of hydrogen-bond acceptors (Lipinski definition) is 3. The summed E-state index contributed by atoms with van der Waals surface area (Å²) in [6.07, 6.45) is 2.33. The molecule has 1 saturated heterocycles. The fourth-order valence-electron chi connectivity index (χ4n) is 3.40. The average molecular weight is 289 g/mol. The molecule has 0 radical (unpaired) electrons. The predicted molar refractivity (Wildman–Crippen MR) is 76.3 cm³/mol. The van der Waals surface area contributed by atoms with E-state index >= 15 is 0 Å². The van der Waals surface area contributed by atoms with Crippen LogP contribution >= 0.6 is 0 Å². The van der Waals surface area contributed by atoms with Gasteiger partial charge in [0.25, 0.3) is 5.91 Å². The summed E-state index contributed by atoms with van der Waals surface area (Å²) in [6.45, 7) is 1.25. The second kappa shape index (κ2) is 5.06. The molecule has 0 aromatic heterocycles. The van der Waals surface area contributed by atoms with E-state index in [0.717, 1.165) is 19.3 Å². The maximum Gasteiger partial charge on any atom is 0.307 e. The fourth-order valence-corrected chi connectivity index (χ4v) is 3.40. The molecule has 1 atom stereocenters. The van der Waals surface area contributed by atoms with Crippen molar-refractivity contribution in [2.45, 2.75) is 19.3 Å². The molecular formula is C16H19NO4. The van der Waals surface area contributed by atoms with E-state index in [9.17, 15) is 9.59 Å². The number of piperidine rings is 1. The number of hydrogen-bond donors (Lipinski definition) is 1. The van der Waals surface area contributed by atoms with Gasteiger partial charge in [0, 0.05) is 13.1 Å². The van der Waals surface area contributed by atoms with Crippen molar-refractivity contribution in [1.82, 2.24) is 4.90 Å². The van der Waals surface area contributed by atoms with E-state index in [0.29, 0.717) is 24.4 Å². The Morgan fingerprint density at radius 1 is 1.29 bits per heavy atom. The molecule has 1 amide bonds. The van der Waals surface area contributed by atoms with Crippen molar-refractivity contribution in [3.05, 3.63) is 29.8 Å². The third-order valence-electron chi connectivity index (χ3n) is 4.87. The topological polar surface area (TPSA) is 66.8 Å². The molecule has 1 aliphatic heterocycles. The first kappa shape index (κ1) is 13.9. The van der Waals surface area contributed by atoms with Crippen LogP contribution in [0, 0.1) is 11.3 Å². The summed E-state index contributed by atoms with van der Waals surface area (Å²) in [7, 11) is 1.55. The van der Waals surface area contributed by atoms with Gasteiger partial charge in [-0.3, -0.25) is 9.59 Å². The van der Waals surface area contributed by atoms with Crippen molar-refractivity contribution in [1.29, 1.82) is 0 Å². The van der Waals surface area contributed by atoms with E-state index < -0.39 is 5.97 Å². The first-order valence-electron chi connectivity index (χ1n) is 7.22. The molecule has 1 N–H and O–H groups in total. The summed E-state index contributed by atoms with van der Waals surface area (Å²) < 4.78 is 5.23. The van der Waals surface area contributed by atoms with Crippen LogP contribution in [0.1, 0.15) is 29.6 Å². The number of aliphatic carboxylic acids is 1. The number of carboxylic acids is 1. The number of carboxylic acid groups (broad SMARTS) is 1. The number of nitrogens with zero attached hydrogens (tertiary/aromatic N) is 1. The number of benzene rings is 1. The molecule has 2 aliphatic rings. The molecule has 21 heavy (non-hydrogen) atoms. The zero-order chi connectivity index (χ0) is 15.0. The number of rotatable bonds is 3. The van der Waals surface area contributed by atoms with Crippen LogP contribution in [0.25, 0.3) is 0 Å². The predicted octanol–water partition coefficient (Wildman–Crippen LogP) is 2.02. The van der Waals surface area contributed by atoms with Crippen molar-refractivity contribution >= 4 is 11.9 Å². The molecule has 5 heteroatoms. The zero-order valence-electron chi connectivity index (χ0n) is 12.0. The van der Waals surface area contributed by atoms with Gasteiger partial charge in [-0.15, -0.1) is 0 Å². The molecule has 5 nitrogen and oxygen atoms in total. The quantitative estimate of drug-likeness (QED) is 0.924. The van der Waals surface area contributed by atoms with E-state index in [1.54, 1.807) is 24.1 Å². The zero-order valence-corrected chi connectivity index (χ0v) is 12.0. The Morgan fingerprint density at radius 3 is 2.52 bits per heavy atom. The van der Waals surface area contributed by atoms with Gasteiger partial charge in [-0.05, 0) is 36.8 Å². The van der Waals surface area contributed by atoms with Gasteiger partial charge in [0.2, 0.25) is 0 Å². The van der Waals surface area contributed by atoms with Gasteiger partial charge in [0.05, 0.1) is 18.6 Å². The monoisotopic (exact) mass is 289 g/mol. The molecule has 1 aromatic carbocycles. The molecule has 3 rings (SSSR count). The molecule has 1 aromatic rings. The van der Waals surface area contributed by atoms with E-state index in [1.165, 1.54) is 0 Å². The lowest BCUT2D eigenvalue weighted by atomic mass is 9.90. The molecule has 2 fully saturated rings. The molecule has 1 aliphatic carbocycles. The Bertz CT molecular complexity index is 575. The van der Waals surface area contributed by atoms with E-state index in [4.69, 9.17) is 9.84 Å². The Labute approximate surface area is 123 Å². The summed E-state index contributed by atoms with van der Waals surface area (Å²) in [5, 5.41) is 9.10. The van der Waals surface area contributed by atoms with Crippen LogP contribution in [0.2, 0.25) is 0 Å². The standard InChI is InChI=1S/C16H19NO4/c1-21-13-5-3-2-4-11(13)14(18)17-8-6-16(7-9-17)10-12(16)15(19)20/h2-5,12H,6-10H2,1H3,(H,19,20). The second-order valence-electron chi connectivity index (χ2n) is 5.95. The molecule has 1 heterocycles. The van der Waals surface area contributed by atoms with Crippen molar-refractivity contribution in [3.63, 3.8) is 0 Å². The number of methoxy groups -OCH3 is 1. The van der Waals surface area contributed by atoms with Crippen molar-refractivity contribution in [2.75, 3.05) is 20.2 Å². The normalized spacial score (nSPS) is 22.9. The molecule has 1 unspecified atom stereocenters. The van der Waals surface area contributed by atoms with Crippen LogP contribution in [0.5, 0.6) is 5.75 Å². The Morgan fingerprint density at radius 2 is 1.95 bits per heavy atom. The minimum atomic E-state index is -0.695. The lowest BCUT2D eigenvalue weighted by Crippen LogP contribution is -2.40. The number of carbonyl (C=O) groups excluding carboxylic acids is 1. The molecule has 0 bridgehead atoms. The van der Waals surface area contributed by atoms with Gasteiger partial charge < -0.3 is 14.7 Å². The van der Waals surface area contributed by atoms with Crippen LogP contribution < -0.4 is 4.74 Å². The molecule has 112 valence electrons. The van der Waals surface area contributed by atoms with Crippen molar-refractivity contribution in [3.8, 4) is 5.75 Å². The van der Waals surface area contributed by atoms with Gasteiger partial charge in [0.1, 0.15) is 5.75 Å². The number of para-hydroxylation sites is 1. The average Bonchev–Trinajstić information content (AvgIpc) is 3.21. The number of likely N-dealkylation sites (tertiary alicyclic amines) is 1.